The van der Waals surface area contributed by atoms with Gasteiger partial charge in [0.2, 0.25) is 0 Å². The van der Waals surface area contributed by atoms with E-state index >= 15 is 0 Å². The van der Waals surface area contributed by atoms with E-state index in [0.29, 0.717) is 11.6 Å². The van der Waals surface area contributed by atoms with Gasteiger partial charge in [-0.1, -0.05) is 6.92 Å². The number of rotatable bonds is 7. The molecule has 2 rings (SSSR count). The minimum Gasteiger partial charge on any atom is -0.350 e. The van der Waals surface area contributed by atoms with Gasteiger partial charge in [0, 0.05) is 16.8 Å². The molecule has 0 radical (unpaired) electrons. The third-order valence-electron chi connectivity index (χ3n) is 3.15. The monoisotopic (exact) mass is 349 g/mol. The largest absolute Gasteiger partial charge is 0.350 e. The van der Waals surface area contributed by atoms with E-state index in [-0.39, 0.29) is 19.0 Å². The molecular formula is C14H15F4N3OS. The van der Waals surface area contributed by atoms with Crippen LogP contribution >= 0.6 is 11.3 Å². The number of aryl methyl sites for hydroxylation is 1. The van der Waals surface area contributed by atoms with Crippen LogP contribution in [0.25, 0.3) is 0 Å². The SMILES string of the molecule is CCc1cc(C(=O)NCCn2nc(C(F)F)cc2C(F)F)cs1. The first-order valence-electron chi connectivity index (χ1n) is 6.92. The van der Waals surface area contributed by atoms with Crippen molar-refractivity contribution in [3.05, 3.63) is 39.3 Å². The number of nitrogens with zero attached hydrogens (tertiary/aromatic N) is 2. The van der Waals surface area contributed by atoms with Crippen molar-refractivity contribution in [2.24, 2.45) is 0 Å². The number of hydrogen-bond donors (Lipinski definition) is 1. The Balaban J connectivity index is 1.96. The summed E-state index contributed by atoms with van der Waals surface area (Å²) >= 11 is 1.46. The lowest BCUT2D eigenvalue weighted by molar-refractivity contribution is 0.0951. The molecule has 9 heteroatoms. The summed E-state index contributed by atoms with van der Waals surface area (Å²) in [5.74, 6) is -0.333. The van der Waals surface area contributed by atoms with Gasteiger partial charge in [0.1, 0.15) is 11.4 Å². The van der Waals surface area contributed by atoms with Crippen molar-refractivity contribution in [1.29, 1.82) is 0 Å². The average Bonchev–Trinajstić information content (AvgIpc) is 3.13. The summed E-state index contributed by atoms with van der Waals surface area (Å²) in [6.07, 6.45) is -5.00. The first-order chi connectivity index (χ1) is 10.9. The van der Waals surface area contributed by atoms with Gasteiger partial charge in [-0.25, -0.2) is 17.6 Å². The molecule has 2 aromatic rings. The molecule has 0 aliphatic rings. The molecule has 1 N–H and O–H groups in total. The van der Waals surface area contributed by atoms with E-state index < -0.39 is 24.2 Å². The third kappa shape index (κ3) is 4.31. The highest BCUT2D eigenvalue weighted by Gasteiger charge is 2.21. The number of amides is 1. The fraction of sp³-hybridized carbons (Fsp3) is 0.429. The summed E-state index contributed by atoms with van der Waals surface area (Å²) < 4.78 is 51.5. The van der Waals surface area contributed by atoms with Crippen LogP contribution in [0.15, 0.2) is 17.5 Å². The molecular weight excluding hydrogens is 334 g/mol. The average molecular weight is 349 g/mol. The number of alkyl halides is 4. The molecule has 2 heterocycles. The second-order valence-electron chi connectivity index (χ2n) is 4.73. The Morgan fingerprint density at radius 1 is 1.30 bits per heavy atom. The molecule has 0 aromatic carbocycles. The van der Waals surface area contributed by atoms with Crippen molar-refractivity contribution in [3.63, 3.8) is 0 Å². The van der Waals surface area contributed by atoms with E-state index in [1.54, 1.807) is 11.4 Å². The molecule has 0 spiro atoms. The van der Waals surface area contributed by atoms with Crippen LogP contribution in [0.4, 0.5) is 17.6 Å². The highest BCUT2D eigenvalue weighted by molar-refractivity contribution is 7.10. The number of halogens is 4. The number of nitrogens with one attached hydrogen (secondary N) is 1. The summed E-state index contributed by atoms with van der Waals surface area (Å²) in [6.45, 7) is 1.88. The third-order valence-corrected chi connectivity index (χ3v) is 4.23. The predicted octanol–water partition coefficient (Wildman–Crippen LogP) is 3.81. The summed E-state index contributed by atoms with van der Waals surface area (Å²) in [4.78, 5) is 13.0. The fourth-order valence-corrected chi connectivity index (χ4v) is 2.79. The Labute approximate surface area is 134 Å². The van der Waals surface area contributed by atoms with E-state index in [4.69, 9.17) is 0 Å². The Morgan fingerprint density at radius 3 is 2.61 bits per heavy atom. The van der Waals surface area contributed by atoms with Gasteiger partial charge >= 0.3 is 0 Å². The molecule has 0 saturated carbocycles. The van der Waals surface area contributed by atoms with Crippen LogP contribution in [0.1, 0.15) is 46.4 Å². The molecule has 0 saturated heterocycles. The van der Waals surface area contributed by atoms with Gasteiger partial charge in [0.15, 0.2) is 0 Å². The number of carbonyl (C=O) groups is 1. The van der Waals surface area contributed by atoms with E-state index in [0.717, 1.165) is 16.0 Å². The van der Waals surface area contributed by atoms with Gasteiger partial charge in [-0.05, 0) is 18.6 Å². The van der Waals surface area contributed by atoms with E-state index in [1.807, 2.05) is 6.92 Å². The number of hydrogen-bond acceptors (Lipinski definition) is 3. The molecule has 2 aromatic heterocycles. The lowest BCUT2D eigenvalue weighted by Crippen LogP contribution is -2.27. The lowest BCUT2D eigenvalue weighted by Gasteiger charge is -2.07. The van der Waals surface area contributed by atoms with Gasteiger partial charge in [-0.2, -0.15) is 5.10 Å². The van der Waals surface area contributed by atoms with Crippen LogP contribution < -0.4 is 5.32 Å². The van der Waals surface area contributed by atoms with Gasteiger partial charge in [0.05, 0.1) is 12.1 Å². The van der Waals surface area contributed by atoms with Crippen LogP contribution in [0.5, 0.6) is 0 Å². The standard InChI is InChI=1S/C14H15F4N3OS/c1-2-9-5-8(7-23-9)14(22)19-3-4-21-11(13(17)18)6-10(20-21)12(15)16/h5-7,12-13H,2-4H2,1H3,(H,19,22). The molecule has 0 unspecified atom stereocenters. The van der Waals surface area contributed by atoms with Crippen molar-refractivity contribution in [3.8, 4) is 0 Å². The van der Waals surface area contributed by atoms with Crippen molar-refractivity contribution in [1.82, 2.24) is 15.1 Å². The number of thiophene rings is 1. The highest BCUT2D eigenvalue weighted by Crippen LogP contribution is 2.24. The van der Waals surface area contributed by atoms with Crippen molar-refractivity contribution in [2.45, 2.75) is 32.7 Å². The van der Waals surface area contributed by atoms with E-state index in [2.05, 4.69) is 10.4 Å². The fourth-order valence-electron chi connectivity index (χ4n) is 1.98. The Hall–Kier alpha value is -1.90. The van der Waals surface area contributed by atoms with Crippen molar-refractivity contribution < 1.29 is 22.4 Å². The molecule has 0 bridgehead atoms. The maximum absolute atomic E-state index is 12.8. The smallest absolute Gasteiger partial charge is 0.282 e. The van der Waals surface area contributed by atoms with E-state index in [9.17, 15) is 22.4 Å². The van der Waals surface area contributed by atoms with Crippen LogP contribution in [-0.4, -0.2) is 22.2 Å². The molecule has 0 aliphatic heterocycles. The Bertz CT molecular complexity index is 669. The normalized spacial score (nSPS) is 11.4. The quantitative estimate of drug-likeness (QED) is 0.773. The first kappa shape index (κ1) is 17.5. The highest BCUT2D eigenvalue weighted by atomic mass is 32.1. The Morgan fingerprint density at radius 2 is 2.04 bits per heavy atom. The molecule has 4 nitrogen and oxygen atoms in total. The zero-order valence-electron chi connectivity index (χ0n) is 12.2. The van der Waals surface area contributed by atoms with Crippen LogP contribution in [-0.2, 0) is 13.0 Å². The van der Waals surface area contributed by atoms with Gasteiger partial charge in [-0.3, -0.25) is 9.48 Å². The topological polar surface area (TPSA) is 46.9 Å². The molecule has 0 fully saturated rings. The van der Waals surface area contributed by atoms with Crippen molar-refractivity contribution >= 4 is 17.2 Å². The Kier molecular flexibility index (Phi) is 5.75. The molecule has 0 aliphatic carbocycles. The summed E-state index contributed by atoms with van der Waals surface area (Å²) in [5.41, 5.74) is -0.787. The zero-order chi connectivity index (χ0) is 17.0. The second-order valence-corrected chi connectivity index (χ2v) is 5.73. The maximum Gasteiger partial charge on any atom is 0.282 e. The number of aromatic nitrogens is 2. The maximum atomic E-state index is 12.8. The van der Waals surface area contributed by atoms with Gasteiger partial charge < -0.3 is 5.32 Å². The summed E-state index contributed by atoms with van der Waals surface area (Å²) in [6, 6.07) is 2.44. The van der Waals surface area contributed by atoms with Gasteiger partial charge in [0.25, 0.3) is 18.8 Å². The van der Waals surface area contributed by atoms with Crippen molar-refractivity contribution in [2.75, 3.05) is 6.54 Å². The summed E-state index contributed by atoms with van der Waals surface area (Å²) in [7, 11) is 0. The van der Waals surface area contributed by atoms with Crippen LogP contribution in [0, 0.1) is 0 Å². The minimum absolute atomic E-state index is 0.0141. The van der Waals surface area contributed by atoms with Crippen LogP contribution in [0.3, 0.4) is 0 Å². The van der Waals surface area contributed by atoms with Gasteiger partial charge in [-0.15, -0.1) is 11.3 Å². The number of carbonyl (C=O) groups excluding carboxylic acids is 1. The lowest BCUT2D eigenvalue weighted by atomic mass is 10.2. The molecule has 126 valence electrons. The first-order valence-corrected chi connectivity index (χ1v) is 7.79. The molecule has 0 atom stereocenters. The van der Waals surface area contributed by atoms with E-state index in [1.165, 1.54) is 11.3 Å². The van der Waals surface area contributed by atoms with Crippen LogP contribution in [0.2, 0.25) is 0 Å². The molecule has 1 amide bonds. The second kappa shape index (κ2) is 7.58. The minimum atomic E-state index is -2.92. The molecule has 23 heavy (non-hydrogen) atoms. The summed E-state index contributed by atoms with van der Waals surface area (Å²) in [5, 5.41) is 7.73. The predicted molar refractivity (Wildman–Crippen MR) is 78.2 cm³/mol. The zero-order valence-corrected chi connectivity index (χ0v) is 13.0.